The van der Waals surface area contributed by atoms with Crippen molar-refractivity contribution in [3.63, 3.8) is 0 Å². The van der Waals surface area contributed by atoms with Crippen molar-refractivity contribution in [2.75, 3.05) is 0 Å². The number of nitrogens with one attached hydrogen (secondary N) is 1. The first-order chi connectivity index (χ1) is 9.37. The lowest BCUT2D eigenvalue weighted by atomic mass is 9.76. The Bertz CT molecular complexity index is 459. The van der Waals surface area contributed by atoms with E-state index in [4.69, 9.17) is 5.84 Å². The summed E-state index contributed by atoms with van der Waals surface area (Å²) in [6.45, 7) is 3.41. The first kappa shape index (κ1) is 16.2. The normalized spacial score (nSPS) is 14.4. The molecule has 0 fully saturated rings. The van der Waals surface area contributed by atoms with Crippen molar-refractivity contribution in [3.8, 4) is 0 Å². The molecule has 0 radical (unpaired) electrons. The zero-order valence-corrected chi connectivity index (χ0v) is 10.9. The summed E-state index contributed by atoms with van der Waals surface area (Å²) in [5.74, 6) is 3.73. The molecule has 1 aromatic rings. The van der Waals surface area contributed by atoms with Gasteiger partial charge in [0, 0.05) is 0 Å². The minimum atomic E-state index is -4.70. The smallest absolute Gasteiger partial charge is 0.293 e. The van der Waals surface area contributed by atoms with E-state index < -0.39 is 30.3 Å². The molecular formula is C14H17F3N2O. The first-order valence-electron chi connectivity index (χ1n) is 6.10. The Labute approximate surface area is 115 Å². The first-order valence-corrected chi connectivity index (χ1v) is 6.10. The summed E-state index contributed by atoms with van der Waals surface area (Å²) in [6, 6.07) is 8.07. The Balaban J connectivity index is 3.21. The van der Waals surface area contributed by atoms with E-state index in [1.165, 1.54) is 6.08 Å². The maximum atomic E-state index is 13.5. The molecule has 110 valence electrons. The summed E-state index contributed by atoms with van der Waals surface area (Å²) >= 11 is 0. The standard InChI is InChI=1S/C14H17F3N2O/c1-2-3-9-13(12(20)19-18,14(15,16)17)10-11-7-5-4-6-8-11/h2,4-8H,1,3,9-10,18H2,(H,19,20)/t13-/m1/s1. The lowest BCUT2D eigenvalue weighted by molar-refractivity contribution is -0.223. The zero-order chi connectivity index (χ0) is 15.2. The average molecular weight is 286 g/mol. The fourth-order valence-electron chi connectivity index (χ4n) is 2.08. The Morgan fingerprint density at radius 2 is 1.90 bits per heavy atom. The SMILES string of the molecule is C=CCC[C@@](Cc1ccccc1)(C(=O)NN)C(F)(F)F. The van der Waals surface area contributed by atoms with Gasteiger partial charge in [-0.3, -0.25) is 10.2 Å². The van der Waals surface area contributed by atoms with Gasteiger partial charge < -0.3 is 0 Å². The van der Waals surface area contributed by atoms with Crippen LogP contribution < -0.4 is 11.3 Å². The predicted octanol–water partition coefficient (Wildman–Crippen LogP) is 2.73. The second-order valence-electron chi connectivity index (χ2n) is 4.54. The molecule has 0 saturated carbocycles. The number of amides is 1. The maximum Gasteiger partial charge on any atom is 0.403 e. The molecule has 3 nitrogen and oxygen atoms in total. The van der Waals surface area contributed by atoms with Crippen LogP contribution in [0.3, 0.4) is 0 Å². The van der Waals surface area contributed by atoms with E-state index in [0.29, 0.717) is 5.56 Å². The molecule has 3 N–H and O–H groups in total. The Kier molecular flexibility index (Phi) is 5.33. The molecule has 0 saturated heterocycles. The Hall–Kier alpha value is -1.82. The van der Waals surface area contributed by atoms with Gasteiger partial charge in [-0.1, -0.05) is 36.4 Å². The van der Waals surface area contributed by atoms with Crippen LogP contribution in [0, 0.1) is 5.41 Å². The van der Waals surface area contributed by atoms with Crippen molar-refractivity contribution in [1.29, 1.82) is 0 Å². The van der Waals surface area contributed by atoms with Gasteiger partial charge >= 0.3 is 6.18 Å². The minimum Gasteiger partial charge on any atom is -0.293 e. The summed E-state index contributed by atoms with van der Waals surface area (Å²) in [5, 5.41) is 0. The maximum absolute atomic E-state index is 13.5. The molecule has 0 spiro atoms. The molecule has 0 aliphatic rings. The van der Waals surface area contributed by atoms with Crippen LogP contribution in [-0.2, 0) is 11.2 Å². The van der Waals surface area contributed by atoms with Crippen molar-refractivity contribution in [1.82, 2.24) is 5.43 Å². The molecule has 1 aromatic carbocycles. The Morgan fingerprint density at radius 3 is 2.35 bits per heavy atom. The third-order valence-corrected chi connectivity index (χ3v) is 3.23. The van der Waals surface area contributed by atoms with Crippen LogP contribution in [0.25, 0.3) is 0 Å². The van der Waals surface area contributed by atoms with E-state index in [-0.39, 0.29) is 6.42 Å². The molecule has 0 aromatic heterocycles. The number of hydrogen-bond acceptors (Lipinski definition) is 2. The second kappa shape index (κ2) is 6.56. The predicted molar refractivity (Wildman–Crippen MR) is 70.4 cm³/mol. The van der Waals surface area contributed by atoms with Crippen LogP contribution in [0.4, 0.5) is 13.2 Å². The van der Waals surface area contributed by atoms with Crippen LogP contribution >= 0.6 is 0 Å². The minimum absolute atomic E-state index is 0.0692. The summed E-state index contributed by atoms with van der Waals surface area (Å²) in [4.78, 5) is 11.8. The van der Waals surface area contributed by atoms with E-state index in [1.807, 2.05) is 0 Å². The Morgan fingerprint density at radius 1 is 1.30 bits per heavy atom. The summed E-state index contributed by atoms with van der Waals surface area (Å²) in [5.41, 5.74) is -0.468. The molecule has 1 amide bonds. The fraction of sp³-hybridized carbons (Fsp3) is 0.357. The number of hydrazine groups is 1. The lowest BCUT2D eigenvalue weighted by Crippen LogP contribution is -2.54. The quantitative estimate of drug-likeness (QED) is 0.366. The highest BCUT2D eigenvalue weighted by Crippen LogP contribution is 2.45. The van der Waals surface area contributed by atoms with Gasteiger partial charge in [0.1, 0.15) is 5.41 Å². The van der Waals surface area contributed by atoms with Crippen molar-refractivity contribution >= 4 is 5.91 Å². The van der Waals surface area contributed by atoms with Crippen molar-refractivity contribution in [3.05, 3.63) is 48.6 Å². The number of allylic oxidation sites excluding steroid dienone is 1. The highest BCUT2D eigenvalue weighted by Gasteiger charge is 2.59. The molecule has 1 atom stereocenters. The molecular weight excluding hydrogens is 269 g/mol. The van der Waals surface area contributed by atoms with Crippen molar-refractivity contribution < 1.29 is 18.0 Å². The topological polar surface area (TPSA) is 55.1 Å². The number of nitrogens with two attached hydrogens (primary N) is 1. The van der Waals surface area contributed by atoms with Gasteiger partial charge in [-0.2, -0.15) is 13.2 Å². The highest BCUT2D eigenvalue weighted by atomic mass is 19.4. The third kappa shape index (κ3) is 3.39. The summed E-state index contributed by atoms with van der Waals surface area (Å²) in [7, 11) is 0. The molecule has 0 aliphatic carbocycles. The largest absolute Gasteiger partial charge is 0.403 e. The molecule has 6 heteroatoms. The molecule has 1 rings (SSSR count). The van der Waals surface area contributed by atoms with Crippen LogP contribution in [0.15, 0.2) is 43.0 Å². The van der Waals surface area contributed by atoms with Gasteiger partial charge in [0.2, 0.25) is 5.91 Å². The highest BCUT2D eigenvalue weighted by molar-refractivity contribution is 5.83. The molecule has 0 unspecified atom stereocenters. The van der Waals surface area contributed by atoms with Crippen LogP contribution in [0.1, 0.15) is 18.4 Å². The number of alkyl halides is 3. The van der Waals surface area contributed by atoms with Gasteiger partial charge in [0.05, 0.1) is 0 Å². The van der Waals surface area contributed by atoms with E-state index in [0.717, 1.165) is 0 Å². The van der Waals surface area contributed by atoms with Gasteiger partial charge in [0.15, 0.2) is 0 Å². The zero-order valence-electron chi connectivity index (χ0n) is 10.9. The lowest BCUT2D eigenvalue weighted by Gasteiger charge is -2.33. The van der Waals surface area contributed by atoms with Crippen molar-refractivity contribution in [2.45, 2.75) is 25.4 Å². The third-order valence-electron chi connectivity index (χ3n) is 3.23. The van der Waals surface area contributed by atoms with Gasteiger partial charge in [0.25, 0.3) is 0 Å². The molecule has 20 heavy (non-hydrogen) atoms. The van der Waals surface area contributed by atoms with E-state index in [1.54, 1.807) is 35.8 Å². The van der Waals surface area contributed by atoms with E-state index >= 15 is 0 Å². The summed E-state index contributed by atoms with van der Waals surface area (Å²) < 4.78 is 40.4. The number of carbonyl (C=O) groups excluding carboxylic acids is 1. The van der Waals surface area contributed by atoms with E-state index in [2.05, 4.69) is 6.58 Å². The van der Waals surface area contributed by atoms with E-state index in [9.17, 15) is 18.0 Å². The molecule has 0 bridgehead atoms. The monoisotopic (exact) mass is 286 g/mol. The number of benzene rings is 1. The average Bonchev–Trinajstić information content (AvgIpc) is 2.42. The molecule has 0 aliphatic heterocycles. The van der Waals surface area contributed by atoms with Crippen LogP contribution in [-0.4, -0.2) is 12.1 Å². The fourth-order valence-corrected chi connectivity index (χ4v) is 2.08. The van der Waals surface area contributed by atoms with Crippen LogP contribution in [0.5, 0.6) is 0 Å². The van der Waals surface area contributed by atoms with Gasteiger partial charge in [-0.15, -0.1) is 6.58 Å². The van der Waals surface area contributed by atoms with Gasteiger partial charge in [-0.05, 0) is 24.8 Å². The summed E-state index contributed by atoms with van der Waals surface area (Å²) in [6.07, 6.45) is -4.11. The van der Waals surface area contributed by atoms with Crippen molar-refractivity contribution in [2.24, 2.45) is 11.3 Å². The second-order valence-corrected chi connectivity index (χ2v) is 4.54. The van der Waals surface area contributed by atoms with Crippen LogP contribution in [0.2, 0.25) is 0 Å². The number of rotatable bonds is 6. The van der Waals surface area contributed by atoms with Gasteiger partial charge in [-0.25, -0.2) is 5.84 Å². The number of halogens is 3. The molecule has 0 heterocycles. The number of carbonyl (C=O) groups is 1. The number of hydrogen-bond donors (Lipinski definition) is 2.